The molecule has 0 radical (unpaired) electrons. The zero-order chi connectivity index (χ0) is 32.0. The van der Waals surface area contributed by atoms with Gasteiger partial charge in [0.2, 0.25) is 5.91 Å². The number of amides is 4. The highest BCUT2D eigenvalue weighted by Crippen LogP contribution is 2.20. The molecule has 236 valence electrons. The molecule has 5 N–H and O–H groups in total. The third kappa shape index (κ3) is 14.8. The molecule has 0 aliphatic carbocycles. The van der Waals surface area contributed by atoms with Gasteiger partial charge in [-0.05, 0) is 64.2 Å². The minimum Gasteiger partial charge on any atom is -0.461 e. The molecule has 3 atom stereocenters. The molecule has 12 nitrogen and oxygen atoms in total. The predicted molar refractivity (Wildman–Crippen MR) is 161 cm³/mol. The minimum absolute atomic E-state index is 0.0146. The van der Waals surface area contributed by atoms with Crippen LogP contribution in [0.2, 0.25) is 0 Å². The van der Waals surface area contributed by atoms with Crippen molar-refractivity contribution in [2.75, 3.05) is 25.5 Å². The Hall–Kier alpha value is -3.67. The fourth-order valence-electron chi connectivity index (χ4n) is 4.31. The van der Waals surface area contributed by atoms with Crippen molar-refractivity contribution in [2.24, 2.45) is 17.6 Å². The molecule has 0 aliphatic rings. The molecule has 42 heavy (non-hydrogen) atoms. The number of nitrogens with one attached hydrogen (secondary N) is 3. The summed E-state index contributed by atoms with van der Waals surface area (Å²) in [5, 5.41) is 8.76. The van der Waals surface area contributed by atoms with Gasteiger partial charge in [-0.1, -0.05) is 26.0 Å². The highest BCUT2D eigenvalue weighted by Gasteiger charge is 2.30. The van der Waals surface area contributed by atoms with Crippen LogP contribution in [0, 0.1) is 11.8 Å². The first-order valence-corrected chi connectivity index (χ1v) is 14.3. The van der Waals surface area contributed by atoms with Gasteiger partial charge in [-0.3, -0.25) is 14.4 Å². The van der Waals surface area contributed by atoms with Crippen molar-refractivity contribution in [3.05, 3.63) is 29.8 Å². The number of carbonyl (C=O) groups is 5. The topological polar surface area (TPSA) is 169 Å². The molecule has 4 amide bonds. The first-order chi connectivity index (χ1) is 19.5. The molecular weight excluding hydrogens is 542 g/mol. The molecule has 0 aliphatic heterocycles. The van der Waals surface area contributed by atoms with Crippen LogP contribution < -0.4 is 21.7 Å². The Kier molecular flexibility index (Phi) is 15.0. The Morgan fingerprint density at radius 1 is 1.02 bits per heavy atom. The summed E-state index contributed by atoms with van der Waals surface area (Å²) >= 11 is 0. The number of esters is 1. The Balaban J connectivity index is 2.83. The van der Waals surface area contributed by atoms with Gasteiger partial charge in [0.15, 0.2) is 5.78 Å². The van der Waals surface area contributed by atoms with Crippen LogP contribution in [0.25, 0.3) is 0 Å². The molecule has 1 aromatic rings. The van der Waals surface area contributed by atoms with E-state index in [2.05, 4.69) is 16.0 Å². The lowest BCUT2D eigenvalue weighted by molar-refractivity contribution is -0.146. The molecule has 0 fully saturated rings. The normalized spacial score (nSPS) is 13.5. The van der Waals surface area contributed by atoms with E-state index in [0.717, 1.165) is 0 Å². The van der Waals surface area contributed by atoms with E-state index in [-0.39, 0.29) is 42.7 Å². The van der Waals surface area contributed by atoms with E-state index >= 15 is 0 Å². The van der Waals surface area contributed by atoms with Gasteiger partial charge in [-0.25, -0.2) is 9.59 Å². The third-order valence-electron chi connectivity index (χ3n) is 6.24. The highest BCUT2D eigenvalue weighted by molar-refractivity contribution is 5.96. The fraction of sp³-hybridized carbons (Fsp3) is 0.633. The van der Waals surface area contributed by atoms with Gasteiger partial charge in [0.25, 0.3) is 0 Å². The number of ether oxygens (including phenoxy) is 2. The smallest absolute Gasteiger partial charge is 0.409 e. The number of anilines is 1. The van der Waals surface area contributed by atoms with Crippen molar-refractivity contribution in [1.82, 2.24) is 15.5 Å². The zero-order valence-corrected chi connectivity index (χ0v) is 26.2. The molecule has 1 aromatic carbocycles. The Bertz CT molecular complexity index is 1050. The van der Waals surface area contributed by atoms with Crippen molar-refractivity contribution in [3.63, 3.8) is 0 Å². The van der Waals surface area contributed by atoms with Crippen molar-refractivity contribution in [1.29, 1.82) is 0 Å². The number of nitrogens with zero attached hydrogens (tertiary/aromatic N) is 1. The Labute approximate surface area is 249 Å². The van der Waals surface area contributed by atoms with Gasteiger partial charge in [0.1, 0.15) is 12.7 Å². The Morgan fingerprint density at radius 3 is 2.17 bits per heavy atom. The van der Waals surface area contributed by atoms with Gasteiger partial charge in [0, 0.05) is 44.1 Å². The SMILES string of the molecule is CC(=O)OC(C)CN(C)C(=O)OCc1ccc(NC(=O)[C@H](CCCNC(N)=O)CC(=O)[C@@H](NC(C)(C)C)C(C)C)cc1. The van der Waals surface area contributed by atoms with E-state index in [0.29, 0.717) is 30.6 Å². The summed E-state index contributed by atoms with van der Waals surface area (Å²) in [7, 11) is 1.55. The van der Waals surface area contributed by atoms with E-state index in [9.17, 15) is 24.0 Å². The number of benzene rings is 1. The van der Waals surface area contributed by atoms with E-state index in [1.54, 1.807) is 38.2 Å². The van der Waals surface area contributed by atoms with Crippen molar-refractivity contribution in [2.45, 2.75) is 92.0 Å². The number of likely N-dealkylation sites (N-methyl/N-ethyl adjacent to an activating group) is 1. The third-order valence-corrected chi connectivity index (χ3v) is 6.24. The summed E-state index contributed by atoms with van der Waals surface area (Å²) in [5.74, 6) is -1.35. The van der Waals surface area contributed by atoms with Gasteiger partial charge in [-0.15, -0.1) is 0 Å². The standard InChI is InChI=1S/C30H49N5O7/c1-19(2)26(34-30(5,6)7)25(37)16-23(10-9-15-32-28(31)39)27(38)33-24-13-11-22(12-14-24)18-41-29(40)35(8)17-20(3)42-21(4)36/h11-14,19-20,23,26,34H,9-10,15-18H2,1-8H3,(H,33,38)(H3,31,32,39)/t20?,23-,26+/m1/s1. The van der Waals surface area contributed by atoms with Crippen LogP contribution in [0.3, 0.4) is 0 Å². The molecule has 1 rings (SSSR count). The van der Waals surface area contributed by atoms with Crippen LogP contribution in [0.5, 0.6) is 0 Å². The van der Waals surface area contributed by atoms with Gasteiger partial charge >= 0.3 is 18.1 Å². The molecule has 0 saturated carbocycles. The molecule has 0 saturated heterocycles. The van der Waals surface area contributed by atoms with Crippen LogP contribution in [0.4, 0.5) is 15.3 Å². The number of ketones is 1. The number of urea groups is 1. The second kappa shape index (κ2) is 17.3. The van der Waals surface area contributed by atoms with Gasteiger partial charge in [0.05, 0.1) is 12.6 Å². The molecular formula is C30H49N5O7. The number of nitrogens with two attached hydrogens (primary N) is 1. The van der Waals surface area contributed by atoms with Crippen molar-refractivity contribution in [3.8, 4) is 0 Å². The summed E-state index contributed by atoms with van der Waals surface area (Å²) in [6.07, 6.45) is -0.120. The molecule has 0 heterocycles. The molecule has 1 unspecified atom stereocenters. The van der Waals surface area contributed by atoms with Crippen LogP contribution in [-0.4, -0.2) is 72.5 Å². The first-order valence-electron chi connectivity index (χ1n) is 14.3. The van der Waals surface area contributed by atoms with Crippen LogP contribution in [0.15, 0.2) is 24.3 Å². The number of carbonyl (C=O) groups excluding carboxylic acids is 5. The molecule has 0 spiro atoms. The summed E-state index contributed by atoms with van der Waals surface area (Å²) in [6, 6.07) is 5.79. The molecule has 12 heteroatoms. The summed E-state index contributed by atoms with van der Waals surface area (Å²) < 4.78 is 10.4. The fourth-order valence-corrected chi connectivity index (χ4v) is 4.31. The summed E-state index contributed by atoms with van der Waals surface area (Å²) in [5.41, 5.74) is 6.11. The van der Waals surface area contributed by atoms with Gasteiger partial charge < -0.3 is 36.1 Å². The number of Topliss-reactive ketones (excluding diaryl/α,β-unsaturated/α-hetero) is 1. The highest BCUT2D eigenvalue weighted by atomic mass is 16.6. The average Bonchev–Trinajstić information content (AvgIpc) is 2.86. The second-order valence-electron chi connectivity index (χ2n) is 12.0. The number of primary amides is 1. The number of rotatable bonds is 16. The lowest BCUT2D eigenvalue weighted by Gasteiger charge is -2.31. The molecule has 0 aromatic heterocycles. The van der Waals surface area contributed by atoms with E-state index in [4.69, 9.17) is 15.2 Å². The average molecular weight is 592 g/mol. The first kappa shape index (κ1) is 36.4. The lowest BCUT2D eigenvalue weighted by atomic mass is 9.88. The molecule has 0 bridgehead atoms. The second-order valence-corrected chi connectivity index (χ2v) is 12.0. The quantitative estimate of drug-likeness (QED) is 0.167. The van der Waals surface area contributed by atoms with Gasteiger partial charge in [-0.2, -0.15) is 0 Å². The maximum absolute atomic E-state index is 13.3. The Morgan fingerprint density at radius 2 is 1.64 bits per heavy atom. The monoisotopic (exact) mass is 591 g/mol. The summed E-state index contributed by atoms with van der Waals surface area (Å²) in [4.78, 5) is 62.3. The van der Waals surface area contributed by atoms with Crippen LogP contribution in [0.1, 0.15) is 73.3 Å². The van der Waals surface area contributed by atoms with E-state index in [1.807, 2.05) is 34.6 Å². The van der Waals surface area contributed by atoms with Crippen molar-refractivity contribution < 1.29 is 33.4 Å². The van der Waals surface area contributed by atoms with E-state index < -0.39 is 36.2 Å². The number of hydrogen-bond acceptors (Lipinski definition) is 8. The largest absolute Gasteiger partial charge is 0.461 e. The van der Waals surface area contributed by atoms with Crippen LogP contribution in [-0.2, 0) is 30.5 Å². The van der Waals surface area contributed by atoms with E-state index in [1.165, 1.54) is 11.8 Å². The lowest BCUT2D eigenvalue weighted by Crippen LogP contribution is -2.51. The maximum atomic E-state index is 13.3. The van der Waals surface area contributed by atoms with Crippen LogP contribution >= 0.6 is 0 Å². The number of hydrogen-bond donors (Lipinski definition) is 4. The predicted octanol–water partition coefficient (Wildman–Crippen LogP) is 3.58. The minimum atomic E-state index is -0.643. The maximum Gasteiger partial charge on any atom is 0.409 e. The summed E-state index contributed by atoms with van der Waals surface area (Å²) in [6.45, 7) is 13.4. The van der Waals surface area contributed by atoms with Crippen molar-refractivity contribution >= 4 is 35.5 Å². The zero-order valence-electron chi connectivity index (χ0n) is 26.2.